The predicted octanol–water partition coefficient (Wildman–Crippen LogP) is 3.20. The average molecular weight is 252 g/mol. The second-order valence-corrected chi connectivity index (χ2v) is 3.88. The highest BCUT2D eigenvalue weighted by Crippen LogP contribution is 2.27. The van der Waals surface area contributed by atoms with Gasteiger partial charge in [0.05, 0.1) is 4.92 Å². The molecule has 0 bridgehead atoms. The maximum atomic E-state index is 10.5. The maximum Gasteiger partial charge on any atom is 0.269 e. The fourth-order valence-electron chi connectivity index (χ4n) is 1.50. The van der Waals surface area contributed by atoms with Crippen molar-refractivity contribution in [2.75, 3.05) is 0 Å². The number of imidazole rings is 1. The van der Waals surface area contributed by atoms with Crippen molar-refractivity contribution in [1.82, 2.24) is 9.97 Å². The van der Waals surface area contributed by atoms with Crippen LogP contribution in [0.25, 0.3) is 11.3 Å². The Labute approximate surface area is 103 Å². The molecule has 2 aromatic rings. The Hall–Kier alpha value is -1.88. The van der Waals surface area contributed by atoms with Crippen LogP contribution < -0.4 is 0 Å². The Balaban J connectivity index is 2.39. The van der Waals surface area contributed by atoms with E-state index in [-0.39, 0.29) is 5.69 Å². The molecule has 0 atom stereocenters. The first-order chi connectivity index (χ1) is 8.11. The molecule has 1 aromatic heterocycles. The van der Waals surface area contributed by atoms with E-state index in [1.165, 1.54) is 12.1 Å². The summed E-state index contributed by atoms with van der Waals surface area (Å²) in [6.07, 6.45) is 0.757. The molecule has 0 amide bonds. The quantitative estimate of drug-likeness (QED) is 0.673. The summed E-state index contributed by atoms with van der Waals surface area (Å²) in [6, 6.07) is 6.15. The minimum Gasteiger partial charge on any atom is -0.333 e. The zero-order valence-electron chi connectivity index (χ0n) is 9.11. The van der Waals surface area contributed by atoms with Crippen LogP contribution in [0.15, 0.2) is 24.3 Å². The van der Waals surface area contributed by atoms with E-state index in [1.807, 2.05) is 6.92 Å². The SMILES string of the molecule is CCc1nc(-c2ccc([N+](=O)[O-])cc2)c(Cl)[nH]1. The van der Waals surface area contributed by atoms with Crippen molar-refractivity contribution in [2.24, 2.45) is 0 Å². The molecule has 17 heavy (non-hydrogen) atoms. The van der Waals surface area contributed by atoms with Crippen LogP contribution in [0.4, 0.5) is 5.69 Å². The number of rotatable bonds is 3. The van der Waals surface area contributed by atoms with Gasteiger partial charge in [-0.15, -0.1) is 0 Å². The monoisotopic (exact) mass is 251 g/mol. The summed E-state index contributed by atoms with van der Waals surface area (Å²) in [4.78, 5) is 17.4. The third-order valence-corrected chi connectivity index (χ3v) is 2.67. The molecular formula is C11H10ClN3O2. The highest BCUT2D eigenvalue weighted by molar-refractivity contribution is 6.31. The number of nitro groups is 1. The summed E-state index contributed by atoms with van der Waals surface area (Å²) in [5.41, 5.74) is 1.44. The Morgan fingerprint density at radius 1 is 1.41 bits per heavy atom. The van der Waals surface area contributed by atoms with Crippen LogP contribution in [0.5, 0.6) is 0 Å². The van der Waals surface area contributed by atoms with E-state index in [0.717, 1.165) is 17.8 Å². The van der Waals surface area contributed by atoms with Crippen LogP contribution in [0.3, 0.4) is 0 Å². The lowest BCUT2D eigenvalue weighted by molar-refractivity contribution is -0.384. The molecule has 0 aliphatic rings. The summed E-state index contributed by atoms with van der Waals surface area (Å²) < 4.78 is 0. The van der Waals surface area contributed by atoms with Crippen molar-refractivity contribution in [3.63, 3.8) is 0 Å². The van der Waals surface area contributed by atoms with Gasteiger partial charge in [0.15, 0.2) is 0 Å². The van der Waals surface area contributed by atoms with Crippen molar-refractivity contribution in [2.45, 2.75) is 13.3 Å². The number of benzene rings is 1. The lowest BCUT2D eigenvalue weighted by Crippen LogP contribution is -1.87. The second kappa shape index (κ2) is 4.55. The topological polar surface area (TPSA) is 71.8 Å². The number of hydrogen-bond donors (Lipinski definition) is 1. The number of aryl methyl sites for hydroxylation is 1. The minimum absolute atomic E-state index is 0.0520. The molecule has 0 saturated heterocycles. The van der Waals surface area contributed by atoms with Crippen molar-refractivity contribution < 1.29 is 4.92 Å². The van der Waals surface area contributed by atoms with Gasteiger partial charge in [0.25, 0.3) is 5.69 Å². The maximum absolute atomic E-state index is 10.5. The first kappa shape index (κ1) is 11.6. The normalized spacial score (nSPS) is 10.5. The summed E-state index contributed by atoms with van der Waals surface area (Å²) in [5, 5.41) is 11.0. The number of non-ortho nitro benzene ring substituents is 1. The lowest BCUT2D eigenvalue weighted by Gasteiger charge is -1.97. The molecule has 0 spiro atoms. The van der Waals surface area contributed by atoms with Gasteiger partial charge in [0.1, 0.15) is 16.7 Å². The highest BCUT2D eigenvalue weighted by atomic mass is 35.5. The summed E-state index contributed by atoms with van der Waals surface area (Å²) in [5.74, 6) is 0.795. The smallest absolute Gasteiger partial charge is 0.269 e. The molecule has 1 N–H and O–H groups in total. The van der Waals surface area contributed by atoms with Crippen molar-refractivity contribution >= 4 is 17.3 Å². The van der Waals surface area contributed by atoms with Crippen LogP contribution in [0.2, 0.25) is 5.15 Å². The van der Waals surface area contributed by atoms with E-state index in [2.05, 4.69) is 9.97 Å². The van der Waals surface area contributed by atoms with E-state index in [1.54, 1.807) is 12.1 Å². The van der Waals surface area contributed by atoms with Gasteiger partial charge in [-0.25, -0.2) is 4.98 Å². The Morgan fingerprint density at radius 3 is 2.53 bits per heavy atom. The number of H-pyrrole nitrogens is 1. The number of hydrogen-bond acceptors (Lipinski definition) is 3. The number of aromatic nitrogens is 2. The third kappa shape index (κ3) is 2.29. The van der Waals surface area contributed by atoms with Crippen molar-refractivity contribution in [1.29, 1.82) is 0 Å². The van der Waals surface area contributed by atoms with Gasteiger partial charge in [-0.3, -0.25) is 10.1 Å². The van der Waals surface area contributed by atoms with Gasteiger partial charge in [-0.05, 0) is 12.1 Å². The van der Waals surface area contributed by atoms with Gasteiger partial charge in [-0.2, -0.15) is 0 Å². The predicted molar refractivity (Wildman–Crippen MR) is 65.1 cm³/mol. The van der Waals surface area contributed by atoms with Gasteiger partial charge >= 0.3 is 0 Å². The van der Waals surface area contributed by atoms with E-state index in [0.29, 0.717) is 10.8 Å². The number of nitrogens with one attached hydrogen (secondary N) is 1. The molecule has 0 fully saturated rings. The van der Waals surface area contributed by atoms with Gasteiger partial charge in [-0.1, -0.05) is 18.5 Å². The largest absolute Gasteiger partial charge is 0.333 e. The van der Waals surface area contributed by atoms with Crippen LogP contribution in [0.1, 0.15) is 12.7 Å². The summed E-state index contributed by atoms with van der Waals surface area (Å²) in [7, 11) is 0. The molecule has 0 unspecified atom stereocenters. The van der Waals surface area contributed by atoms with Gasteiger partial charge in [0.2, 0.25) is 0 Å². The molecule has 5 nitrogen and oxygen atoms in total. The number of halogens is 1. The molecule has 6 heteroatoms. The van der Waals surface area contributed by atoms with Crippen molar-refractivity contribution in [3.05, 3.63) is 45.4 Å². The molecule has 2 rings (SSSR count). The Kier molecular flexibility index (Phi) is 3.10. The van der Waals surface area contributed by atoms with E-state index in [4.69, 9.17) is 11.6 Å². The fraction of sp³-hybridized carbons (Fsp3) is 0.182. The molecule has 0 aliphatic heterocycles. The van der Waals surface area contributed by atoms with Gasteiger partial charge < -0.3 is 4.98 Å². The van der Waals surface area contributed by atoms with Crippen LogP contribution in [0, 0.1) is 10.1 Å². The molecule has 0 aliphatic carbocycles. The Morgan fingerprint density at radius 2 is 2.06 bits per heavy atom. The van der Waals surface area contributed by atoms with Crippen molar-refractivity contribution in [3.8, 4) is 11.3 Å². The molecule has 0 radical (unpaired) electrons. The molecule has 1 heterocycles. The number of nitro benzene ring substituents is 1. The van der Waals surface area contributed by atoms with E-state index in [9.17, 15) is 10.1 Å². The molecule has 1 aromatic carbocycles. The first-order valence-corrected chi connectivity index (χ1v) is 5.48. The zero-order chi connectivity index (χ0) is 12.4. The number of nitrogens with zero attached hydrogens (tertiary/aromatic N) is 2. The highest BCUT2D eigenvalue weighted by Gasteiger charge is 2.11. The van der Waals surface area contributed by atoms with Crippen LogP contribution >= 0.6 is 11.6 Å². The second-order valence-electron chi connectivity index (χ2n) is 3.50. The third-order valence-electron chi connectivity index (χ3n) is 2.40. The molecular weight excluding hydrogens is 242 g/mol. The van der Waals surface area contributed by atoms with Crippen LogP contribution in [-0.4, -0.2) is 14.9 Å². The lowest BCUT2D eigenvalue weighted by atomic mass is 10.1. The zero-order valence-corrected chi connectivity index (χ0v) is 9.86. The molecule has 88 valence electrons. The Bertz CT molecular complexity index is 548. The minimum atomic E-state index is -0.437. The average Bonchev–Trinajstić information content (AvgIpc) is 2.71. The van der Waals surface area contributed by atoms with E-state index >= 15 is 0 Å². The summed E-state index contributed by atoms with van der Waals surface area (Å²) >= 11 is 6.01. The standard InChI is InChI=1S/C11H10ClN3O2/c1-2-9-13-10(11(12)14-9)7-3-5-8(6-4-7)15(16)17/h3-6H,2H2,1H3,(H,13,14). The summed E-state index contributed by atoms with van der Waals surface area (Å²) in [6.45, 7) is 1.97. The molecule has 0 saturated carbocycles. The van der Waals surface area contributed by atoms with Crippen LogP contribution in [-0.2, 0) is 6.42 Å². The number of aromatic amines is 1. The first-order valence-electron chi connectivity index (χ1n) is 5.11. The van der Waals surface area contributed by atoms with E-state index < -0.39 is 4.92 Å². The fourth-order valence-corrected chi connectivity index (χ4v) is 1.76. The van der Waals surface area contributed by atoms with Gasteiger partial charge in [0, 0.05) is 24.1 Å².